The van der Waals surface area contributed by atoms with Crippen LogP contribution in [0.15, 0.2) is 43.0 Å². The van der Waals surface area contributed by atoms with Crippen molar-refractivity contribution in [3.8, 4) is 0 Å². The Balaban J connectivity index is 2.66. The molecule has 17 heavy (non-hydrogen) atoms. The fourth-order valence-corrected chi connectivity index (χ4v) is 2.34. The average molecular weight is 223 g/mol. The van der Waals surface area contributed by atoms with E-state index in [9.17, 15) is 0 Å². The van der Waals surface area contributed by atoms with Gasteiger partial charge in [0, 0.05) is 28.3 Å². The molecule has 1 aromatic heterocycles. The summed E-state index contributed by atoms with van der Waals surface area (Å²) in [5.41, 5.74) is 15.5. The molecule has 0 saturated heterocycles. The summed E-state index contributed by atoms with van der Waals surface area (Å²) in [5.74, 6) is 0. The number of nitrogens with zero attached hydrogens (tertiary/aromatic N) is 1. The van der Waals surface area contributed by atoms with Crippen molar-refractivity contribution in [1.82, 2.24) is 4.57 Å². The van der Waals surface area contributed by atoms with E-state index in [1.54, 1.807) is 6.20 Å². The Hall–Kier alpha value is -2.42. The Morgan fingerprint density at radius 3 is 2.65 bits per heavy atom. The minimum absolute atomic E-state index is 0.738. The number of hydrogen-bond acceptors (Lipinski definition) is 2. The zero-order valence-corrected chi connectivity index (χ0v) is 9.35. The summed E-state index contributed by atoms with van der Waals surface area (Å²) in [6.45, 7) is 3.84. The lowest BCUT2D eigenvalue weighted by molar-refractivity contribution is 1.30. The highest BCUT2D eigenvalue weighted by Gasteiger charge is 2.10. The van der Waals surface area contributed by atoms with Crippen LogP contribution in [0.1, 0.15) is 0 Å². The number of benzene rings is 2. The molecule has 0 unspecified atom stereocenters. The molecule has 4 N–H and O–H groups in total. The number of fused-ring (bicyclic) bond motifs is 3. The van der Waals surface area contributed by atoms with Crippen LogP contribution in [-0.2, 0) is 0 Å². The molecule has 3 rings (SSSR count). The maximum atomic E-state index is 6.05. The topological polar surface area (TPSA) is 57.0 Å². The summed E-state index contributed by atoms with van der Waals surface area (Å²) in [5, 5.41) is 2.16. The molecule has 3 aromatic rings. The Morgan fingerprint density at radius 1 is 1.06 bits per heavy atom. The number of nitrogens with two attached hydrogens (primary N) is 2. The van der Waals surface area contributed by atoms with Gasteiger partial charge in [0.15, 0.2) is 0 Å². The fourth-order valence-electron chi connectivity index (χ4n) is 2.34. The first-order chi connectivity index (χ1) is 8.22. The number of nitrogen functional groups attached to an aromatic ring is 2. The van der Waals surface area contributed by atoms with E-state index in [4.69, 9.17) is 11.5 Å². The van der Waals surface area contributed by atoms with Gasteiger partial charge in [0.05, 0.1) is 11.0 Å². The average Bonchev–Trinajstić information content (AvgIpc) is 2.63. The van der Waals surface area contributed by atoms with Crippen molar-refractivity contribution in [3.63, 3.8) is 0 Å². The molecular formula is C14H13N3. The van der Waals surface area contributed by atoms with Crippen LogP contribution < -0.4 is 11.5 Å². The molecule has 0 fully saturated rings. The van der Waals surface area contributed by atoms with Crippen LogP contribution in [0.3, 0.4) is 0 Å². The second-order valence-electron chi connectivity index (χ2n) is 4.07. The van der Waals surface area contributed by atoms with Gasteiger partial charge in [0.1, 0.15) is 0 Å². The first-order valence-corrected chi connectivity index (χ1v) is 5.42. The van der Waals surface area contributed by atoms with E-state index >= 15 is 0 Å². The lowest BCUT2D eigenvalue weighted by Gasteiger charge is -1.99. The number of anilines is 2. The monoisotopic (exact) mass is 223 g/mol. The molecule has 0 atom stereocenters. The van der Waals surface area contributed by atoms with E-state index in [1.165, 1.54) is 0 Å². The third-order valence-electron chi connectivity index (χ3n) is 3.07. The Kier molecular flexibility index (Phi) is 1.89. The van der Waals surface area contributed by atoms with Crippen molar-refractivity contribution >= 4 is 39.4 Å². The molecule has 2 aromatic carbocycles. The van der Waals surface area contributed by atoms with Crippen LogP contribution in [0.25, 0.3) is 28.0 Å². The van der Waals surface area contributed by atoms with Gasteiger partial charge in [-0.05, 0) is 24.3 Å². The van der Waals surface area contributed by atoms with E-state index in [2.05, 4.69) is 6.58 Å². The quantitative estimate of drug-likeness (QED) is 0.623. The second-order valence-corrected chi connectivity index (χ2v) is 4.07. The van der Waals surface area contributed by atoms with Gasteiger partial charge in [0.25, 0.3) is 0 Å². The van der Waals surface area contributed by atoms with Crippen molar-refractivity contribution < 1.29 is 0 Å². The molecule has 0 aliphatic carbocycles. The SMILES string of the molecule is C=Cn1c2cc(N)ccc2c2c(N)cccc21. The minimum atomic E-state index is 0.738. The zero-order valence-electron chi connectivity index (χ0n) is 9.35. The first kappa shape index (κ1) is 9.78. The van der Waals surface area contributed by atoms with Crippen LogP contribution in [0, 0.1) is 0 Å². The van der Waals surface area contributed by atoms with Gasteiger partial charge >= 0.3 is 0 Å². The third-order valence-corrected chi connectivity index (χ3v) is 3.07. The molecule has 0 amide bonds. The van der Waals surface area contributed by atoms with Crippen molar-refractivity contribution in [2.75, 3.05) is 11.5 Å². The van der Waals surface area contributed by atoms with Crippen molar-refractivity contribution in [2.45, 2.75) is 0 Å². The maximum absolute atomic E-state index is 6.05. The molecule has 0 spiro atoms. The van der Waals surface area contributed by atoms with Crippen LogP contribution in [-0.4, -0.2) is 4.57 Å². The third kappa shape index (κ3) is 1.22. The van der Waals surface area contributed by atoms with Gasteiger partial charge < -0.3 is 16.0 Å². The van der Waals surface area contributed by atoms with E-state index in [0.717, 1.165) is 33.2 Å². The summed E-state index contributed by atoms with van der Waals surface area (Å²) < 4.78 is 2.01. The van der Waals surface area contributed by atoms with Gasteiger partial charge in [-0.3, -0.25) is 0 Å². The fraction of sp³-hybridized carbons (Fsp3) is 0. The summed E-state index contributed by atoms with van der Waals surface area (Å²) in [4.78, 5) is 0. The normalized spacial score (nSPS) is 11.1. The highest BCUT2D eigenvalue weighted by atomic mass is 15.0. The second kappa shape index (κ2) is 3.28. The molecule has 3 heteroatoms. The molecule has 1 heterocycles. The lowest BCUT2D eigenvalue weighted by Crippen LogP contribution is -1.87. The Morgan fingerprint density at radius 2 is 1.88 bits per heavy atom. The van der Waals surface area contributed by atoms with Gasteiger partial charge in [-0.1, -0.05) is 18.7 Å². The van der Waals surface area contributed by atoms with Crippen molar-refractivity contribution in [2.24, 2.45) is 0 Å². The maximum Gasteiger partial charge on any atom is 0.0555 e. The summed E-state index contributed by atoms with van der Waals surface area (Å²) >= 11 is 0. The predicted octanol–water partition coefficient (Wildman–Crippen LogP) is 3.06. The highest BCUT2D eigenvalue weighted by molar-refractivity contribution is 6.15. The summed E-state index contributed by atoms with van der Waals surface area (Å²) in [6, 6.07) is 11.7. The number of aromatic nitrogens is 1. The standard InChI is InChI=1S/C14H13N3/c1-2-17-12-5-3-4-11(16)14(12)10-7-6-9(15)8-13(10)17/h2-8H,1,15-16H2. The van der Waals surface area contributed by atoms with Crippen LogP contribution in [0.4, 0.5) is 11.4 Å². The number of rotatable bonds is 1. The molecule has 0 aliphatic heterocycles. The van der Waals surface area contributed by atoms with Gasteiger partial charge in [-0.25, -0.2) is 0 Å². The van der Waals surface area contributed by atoms with Gasteiger partial charge in [-0.2, -0.15) is 0 Å². The van der Waals surface area contributed by atoms with Crippen LogP contribution in [0.2, 0.25) is 0 Å². The minimum Gasteiger partial charge on any atom is -0.399 e. The zero-order chi connectivity index (χ0) is 12.0. The van der Waals surface area contributed by atoms with Crippen molar-refractivity contribution in [1.29, 1.82) is 0 Å². The molecule has 84 valence electrons. The predicted molar refractivity (Wildman–Crippen MR) is 74.7 cm³/mol. The molecule has 0 bridgehead atoms. The van der Waals surface area contributed by atoms with Gasteiger partial charge in [0.2, 0.25) is 0 Å². The smallest absolute Gasteiger partial charge is 0.0555 e. The van der Waals surface area contributed by atoms with E-state index in [-0.39, 0.29) is 0 Å². The van der Waals surface area contributed by atoms with Gasteiger partial charge in [-0.15, -0.1) is 0 Å². The highest BCUT2D eigenvalue weighted by Crippen LogP contribution is 2.33. The van der Waals surface area contributed by atoms with E-state index in [1.807, 2.05) is 41.0 Å². The molecule has 0 aliphatic rings. The molecule has 0 radical (unpaired) electrons. The lowest BCUT2D eigenvalue weighted by atomic mass is 10.1. The largest absolute Gasteiger partial charge is 0.399 e. The van der Waals surface area contributed by atoms with Crippen LogP contribution in [0.5, 0.6) is 0 Å². The van der Waals surface area contributed by atoms with Crippen molar-refractivity contribution in [3.05, 3.63) is 43.0 Å². The van der Waals surface area contributed by atoms with Crippen LogP contribution >= 0.6 is 0 Å². The molecule has 0 saturated carbocycles. The summed E-state index contributed by atoms with van der Waals surface area (Å²) in [7, 11) is 0. The number of hydrogen-bond donors (Lipinski definition) is 2. The molecule has 3 nitrogen and oxygen atoms in total. The Bertz CT molecular complexity index is 738. The molecular weight excluding hydrogens is 210 g/mol. The summed E-state index contributed by atoms with van der Waals surface area (Å²) in [6.07, 6.45) is 1.78. The first-order valence-electron chi connectivity index (χ1n) is 5.42. The van der Waals surface area contributed by atoms with E-state index < -0.39 is 0 Å². The Labute approximate surface area is 98.9 Å². The van der Waals surface area contributed by atoms with E-state index in [0.29, 0.717) is 0 Å².